The molecule has 2 aromatic rings. The molecular formula is C20H22IN3O. The van der Waals surface area contributed by atoms with Crippen LogP contribution in [0.4, 0.5) is 0 Å². The minimum atomic E-state index is 0.165. The van der Waals surface area contributed by atoms with Crippen LogP contribution in [-0.4, -0.2) is 40.6 Å². The van der Waals surface area contributed by atoms with Gasteiger partial charge in [0.25, 0.3) is 0 Å². The Morgan fingerprint density at radius 3 is 2.64 bits per heavy atom. The van der Waals surface area contributed by atoms with Gasteiger partial charge in [0, 0.05) is 22.0 Å². The Morgan fingerprint density at radius 2 is 1.92 bits per heavy atom. The van der Waals surface area contributed by atoms with Crippen molar-refractivity contribution in [2.45, 2.75) is 31.6 Å². The van der Waals surface area contributed by atoms with Gasteiger partial charge in [0.15, 0.2) is 5.78 Å². The quantitative estimate of drug-likeness (QED) is 0.660. The van der Waals surface area contributed by atoms with Crippen molar-refractivity contribution in [3.8, 4) is 5.69 Å². The molecule has 1 aromatic carbocycles. The van der Waals surface area contributed by atoms with E-state index in [1.807, 2.05) is 0 Å². The molecule has 2 aliphatic carbocycles. The molecule has 25 heavy (non-hydrogen) atoms. The number of piperidine rings is 1. The number of Topliss-reactive ketones (excluding diaryl/α,β-unsaturated/α-hetero) is 1. The minimum absolute atomic E-state index is 0.165. The summed E-state index contributed by atoms with van der Waals surface area (Å²) in [6.45, 7) is 2.00. The summed E-state index contributed by atoms with van der Waals surface area (Å²) >= 11 is 2.33. The zero-order chi connectivity index (χ0) is 17.1. The molecule has 5 rings (SSSR count). The van der Waals surface area contributed by atoms with Crippen molar-refractivity contribution in [2.75, 3.05) is 20.1 Å². The van der Waals surface area contributed by atoms with Gasteiger partial charge in [-0.2, -0.15) is 5.10 Å². The van der Waals surface area contributed by atoms with Gasteiger partial charge in [-0.3, -0.25) is 4.79 Å². The van der Waals surface area contributed by atoms with Gasteiger partial charge in [-0.25, -0.2) is 4.68 Å². The van der Waals surface area contributed by atoms with Gasteiger partial charge in [-0.05, 0) is 92.0 Å². The van der Waals surface area contributed by atoms with Crippen molar-refractivity contribution in [2.24, 2.45) is 11.8 Å². The van der Waals surface area contributed by atoms with Crippen LogP contribution in [-0.2, 0) is 6.42 Å². The lowest BCUT2D eigenvalue weighted by atomic mass is 9.73. The molecule has 0 spiro atoms. The molecule has 0 N–H and O–H groups in total. The maximum absolute atomic E-state index is 13.4. The first-order chi connectivity index (χ1) is 12.1. The first-order valence-electron chi connectivity index (χ1n) is 9.22. The SMILES string of the molecule is CN1CCC2Cc3c(c(C4CC4)nn3-c3ccc(I)cc3)C(=O)C2C1. The molecule has 0 bridgehead atoms. The van der Waals surface area contributed by atoms with E-state index in [1.54, 1.807) is 0 Å². The van der Waals surface area contributed by atoms with Crippen LogP contribution in [0.2, 0.25) is 0 Å². The summed E-state index contributed by atoms with van der Waals surface area (Å²) in [5, 5.41) is 4.96. The number of halogens is 1. The summed E-state index contributed by atoms with van der Waals surface area (Å²) in [6, 6.07) is 8.47. The molecule has 0 amide bonds. The zero-order valence-corrected chi connectivity index (χ0v) is 16.6. The second-order valence-corrected chi connectivity index (χ2v) is 9.10. The molecule has 4 nitrogen and oxygen atoms in total. The molecule has 0 radical (unpaired) electrons. The lowest BCUT2D eigenvalue weighted by Gasteiger charge is -2.38. The summed E-state index contributed by atoms with van der Waals surface area (Å²) in [6.07, 6.45) is 4.46. The number of aromatic nitrogens is 2. The summed E-state index contributed by atoms with van der Waals surface area (Å²) in [5.74, 6) is 1.50. The number of fused-ring (bicyclic) bond motifs is 2. The zero-order valence-electron chi connectivity index (χ0n) is 14.4. The third kappa shape index (κ3) is 2.67. The molecule has 2 fully saturated rings. The molecule has 3 aliphatic rings. The molecular weight excluding hydrogens is 425 g/mol. The number of carbonyl (C=O) groups is 1. The molecule has 2 unspecified atom stereocenters. The number of carbonyl (C=O) groups excluding carboxylic acids is 1. The second kappa shape index (κ2) is 5.91. The molecule has 1 saturated carbocycles. The van der Waals surface area contributed by atoms with Crippen molar-refractivity contribution in [3.05, 3.63) is 44.8 Å². The van der Waals surface area contributed by atoms with Crippen molar-refractivity contribution < 1.29 is 4.79 Å². The van der Waals surface area contributed by atoms with Crippen LogP contribution in [0.3, 0.4) is 0 Å². The first-order valence-corrected chi connectivity index (χ1v) is 10.3. The highest BCUT2D eigenvalue weighted by molar-refractivity contribution is 14.1. The van der Waals surface area contributed by atoms with Crippen molar-refractivity contribution in [1.82, 2.24) is 14.7 Å². The van der Waals surface area contributed by atoms with Crippen molar-refractivity contribution >= 4 is 28.4 Å². The minimum Gasteiger partial charge on any atom is -0.306 e. The molecule has 2 heterocycles. The molecule has 1 aliphatic heterocycles. The van der Waals surface area contributed by atoms with Gasteiger partial charge >= 0.3 is 0 Å². The summed E-state index contributed by atoms with van der Waals surface area (Å²) < 4.78 is 3.29. The van der Waals surface area contributed by atoms with Crippen LogP contribution in [0.1, 0.15) is 46.9 Å². The highest BCUT2D eigenvalue weighted by atomic mass is 127. The highest BCUT2D eigenvalue weighted by Crippen LogP contribution is 2.46. The number of rotatable bonds is 2. The van der Waals surface area contributed by atoms with Crippen LogP contribution >= 0.6 is 22.6 Å². The fourth-order valence-corrected chi connectivity index (χ4v) is 4.87. The van der Waals surface area contributed by atoms with Gasteiger partial charge < -0.3 is 4.90 Å². The van der Waals surface area contributed by atoms with Gasteiger partial charge in [-0.15, -0.1) is 0 Å². The maximum atomic E-state index is 13.4. The number of ketones is 1. The number of benzene rings is 1. The third-order valence-corrected chi connectivity index (χ3v) is 6.76. The molecule has 130 valence electrons. The summed E-state index contributed by atoms with van der Waals surface area (Å²) in [5.41, 5.74) is 4.30. The van der Waals surface area contributed by atoms with E-state index < -0.39 is 0 Å². The van der Waals surface area contributed by atoms with E-state index in [0.29, 0.717) is 17.6 Å². The Balaban J connectivity index is 1.64. The maximum Gasteiger partial charge on any atom is 0.171 e. The largest absolute Gasteiger partial charge is 0.306 e. The standard InChI is InChI=1S/C20H22IN3O/c1-23-9-8-13-10-17-18(20(25)16(13)11-23)19(12-2-3-12)22-24(17)15-6-4-14(21)5-7-15/h4-7,12-13,16H,2-3,8-11H2,1H3. The van der Waals surface area contributed by atoms with Gasteiger partial charge in [-0.1, -0.05) is 0 Å². The second-order valence-electron chi connectivity index (χ2n) is 7.86. The smallest absolute Gasteiger partial charge is 0.171 e. The van der Waals surface area contributed by atoms with E-state index in [1.165, 1.54) is 22.1 Å². The molecule has 1 saturated heterocycles. The van der Waals surface area contributed by atoms with Crippen LogP contribution in [0, 0.1) is 15.4 Å². The van der Waals surface area contributed by atoms with E-state index in [9.17, 15) is 4.79 Å². The third-order valence-electron chi connectivity index (χ3n) is 6.04. The fraction of sp³-hybridized carbons (Fsp3) is 0.500. The summed E-state index contributed by atoms with van der Waals surface area (Å²) in [4.78, 5) is 15.7. The van der Waals surface area contributed by atoms with Crippen LogP contribution in [0.5, 0.6) is 0 Å². The average molecular weight is 447 g/mol. The van der Waals surface area contributed by atoms with E-state index in [0.717, 1.165) is 42.9 Å². The van der Waals surface area contributed by atoms with Gasteiger partial charge in [0.1, 0.15) is 0 Å². The predicted octanol–water partition coefficient (Wildman–Crippen LogP) is 3.66. The van der Waals surface area contributed by atoms with E-state index in [2.05, 4.69) is 63.5 Å². The first kappa shape index (κ1) is 16.0. The van der Waals surface area contributed by atoms with Crippen molar-refractivity contribution in [1.29, 1.82) is 0 Å². The van der Waals surface area contributed by atoms with E-state index >= 15 is 0 Å². The number of hydrogen-bond acceptors (Lipinski definition) is 3. The van der Waals surface area contributed by atoms with Crippen molar-refractivity contribution in [3.63, 3.8) is 0 Å². The monoisotopic (exact) mass is 447 g/mol. The normalized spacial score (nSPS) is 26.4. The van der Waals surface area contributed by atoms with Gasteiger partial charge in [0.05, 0.1) is 22.6 Å². The Bertz CT molecular complexity index is 837. The van der Waals surface area contributed by atoms with Crippen LogP contribution < -0.4 is 0 Å². The lowest BCUT2D eigenvalue weighted by molar-refractivity contribution is 0.0703. The van der Waals surface area contributed by atoms with Crippen LogP contribution in [0.25, 0.3) is 5.69 Å². The van der Waals surface area contributed by atoms with E-state index in [4.69, 9.17) is 5.10 Å². The molecule has 1 aromatic heterocycles. The number of likely N-dealkylation sites (tertiary alicyclic amines) is 1. The lowest BCUT2D eigenvalue weighted by Crippen LogP contribution is -2.45. The Kier molecular flexibility index (Phi) is 3.78. The van der Waals surface area contributed by atoms with Crippen LogP contribution in [0.15, 0.2) is 24.3 Å². The average Bonchev–Trinajstić information content (AvgIpc) is 3.38. The predicted molar refractivity (Wildman–Crippen MR) is 105 cm³/mol. The van der Waals surface area contributed by atoms with Gasteiger partial charge in [0.2, 0.25) is 0 Å². The fourth-order valence-electron chi connectivity index (χ4n) is 4.51. The highest BCUT2D eigenvalue weighted by Gasteiger charge is 2.44. The number of nitrogens with zero attached hydrogens (tertiary/aromatic N) is 3. The molecule has 5 heteroatoms. The topological polar surface area (TPSA) is 38.1 Å². The van der Waals surface area contributed by atoms with E-state index in [-0.39, 0.29) is 5.92 Å². The Labute approximate surface area is 161 Å². The molecule has 2 atom stereocenters. The summed E-state index contributed by atoms with van der Waals surface area (Å²) in [7, 11) is 2.13. The Morgan fingerprint density at radius 1 is 1.16 bits per heavy atom. The Hall–Kier alpha value is -1.21. The number of hydrogen-bond donors (Lipinski definition) is 0.